The van der Waals surface area contributed by atoms with Crippen molar-refractivity contribution in [1.29, 1.82) is 0 Å². The van der Waals surface area contributed by atoms with Gasteiger partial charge in [0.2, 0.25) is 0 Å². The second-order valence-electron chi connectivity index (χ2n) is 2.66. The van der Waals surface area contributed by atoms with Gasteiger partial charge in [-0.2, -0.15) is 0 Å². The first-order valence-corrected chi connectivity index (χ1v) is 4.35. The molecule has 1 radical (unpaired) electrons. The zero-order valence-corrected chi connectivity index (χ0v) is 7.57. The lowest BCUT2D eigenvalue weighted by molar-refractivity contribution is 0.605. The van der Waals surface area contributed by atoms with E-state index in [2.05, 4.69) is 6.92 Å². The van der Waals surface area contributed by atoms with E-state index in [1.54, 1.807) is 12.1 Å². The Morgan fingerprint density at radius 3 is 2.75 bits per heavy atom. The van der Waals surface area contributed by atoms with Crippen molar-refractivity contribution in [2.45, 2.75) is 19.3 Å². The predicted octanol–water partition coefficient (Wildman–Crippen LogP) is 3.64. The van der Waals surface area contributed by atoms with Crippen molar-refractivity contribution < 1.29 is 4.39 Å². The molecule has 0 heterocycles. The number of hydrogen-bond donors (Lipinski definition) is 0. The van der Waals surface area contributed by atoms with Crippen LogP contribution in [0.4, 0.5) is 4.39 Å². The Bertz CT molecular complexity index is 238. The Kier molecular flexibility index (Phi) is 3.54. The standard InChI is InChI=1S/C10H11ClF/c1-2-3-5-8-9(11)6-4-7-10(8)12/h4,6-7H,1-3,5H2. The molecule has 0 saturated heterocycles. The molecule has 0 aliphatic rings. The lowest BCUT2D eigenvalue weighted by atomic mass is 10.1. The highest BCUT2D eigenvalue weighted by molar-refractivity contribution is 6.31. The third-order valence-corrected chi connectivity index (χ3v) is 2.09. The molecule has 1 aromatic carbocycles. The molecule has 65 valence electrons. The second kappa shape index (κ2) is 4.46. The summed E-state index contributed by atoms with van der Waals surface area (Å²) < 4.78 is 13.1. The van der Waals surface area contributed by atoms with E-state index in [1.165, 1.54) is 6.07 Å². The molecule has 0 aliphatic heterocycles. The lowest BCUT2D eigenvalue weighted by Gasteiger charge is -2.03. The van der Waals surface area contributed by atoms with Crippen LogP contribution in [0.3, 0.4) is 0 Å². The van der Waals surface area contributed by atoms with Gasteiger partial charge < -0.3 is 0 Å². The minimum atomic E-state index is -0.212. The molecular formula is C10H11ClF. The summed E-state index contributed by atoms with van der Waals surface area (Å²) in [7, 11) is 0. The van der Waals surface area contributed by atoms with Crippen LogP contribution in [0.1, 0.15) is 18.4 Å². The smallest absolute Gasteiger partial charge is 0.127 e. The summed E-state index contributed by atoms with van der Waals surface area (Å²) in [5.41, 5.74) is 0.614. The van der Waals surface area contributed by atoms with Crippen molar-refractivity contribution in [3.8, 4) is 0 Å². The van der Waals surface area contributed by atoms with Crippen LogP contribution < -0.4 is 0 Å². The van der Waals surface area contributed by atoms with E-state index in [1.807, 2.05) is 0 Å². The van der Waals surface area contributed by atoms with Gasteiger partial charge in [0, 0.05) is 10.6 Å². The third-order valence-electron chi connectivity index (χ3n) is 1.74. The van der Waals surface area contributed by atoms with Gasteiger partial charge in [0.05, 0.1) is 0 Å². The van der Waals surface area contributed by atoms with Gasteiger partial charge in [-0.1, -0.05) is 31.0 Å². The number of unbranched alkanes of at least 4 members (excludes halogenated alkanes) is 1. The average Bonchev–Trinajstić information content (AvgIpc) is 2.04. The molecule has 2 heteroatoms. The van der Waals surface area contributed by atoms with Crippen LogP contribution in [0.15, 0.2) is 18.2 Å². The Labute approximate surface area is 77.4 Å². The van der Waals surface area contributed by atoms with Crippen molar-refractivity contribution in [2.75, 3.05) is 0 Å². The maximum Gasteiger partial charge on any atom is 0.127 e. The summed E-state index contributed by atoms with van der Waals surface area (Å²) >= 11 is 5.80. The van der Waals surface area contributed by atoms with E-state index in [-0.39, 0.29) is 5.82 Å². The Morgan fingerprint density at radius 2 is 2.17 bits per heavy atom. The Morgan fingerprint density at radius 1 is 1.42 bits per heavy atom. The molecular weight excluding hydrogens is 175 g/mol. The van der Waals surface area contributed by atoms with Gasteiger partial charge in [0.1, 0.15) is 5.82 Å². The number of halogens is 2. The van der Waals surface area contributed by atoms with Gasteiger partial charge in [0.15, 0.2) is 0 Å². The second-order valence-corrected chi connectivity index (χ2v) is 3.06. The zero-order chi connectivity index (χ0) is 8.97. The quantitative estimate of drug-likeness (QED) is 0.675. The molecule has 0 unspecified atom stereocenters. The Hall–Kier alpha value is -0.560. The molecule has 0 saturated carbocycles. The summed E-state index contributed by atoms with van der Waals surface area (Å²) in [6.45, 7) is 3.69. The van der Waals surface area contributed by atoms with Crippen molar-refractivity contribution in [1.82, 2.24) is 0 Å². The first kappa shape index (κ1) is 9.53. The molecule has 1 rings (SSSR count). The summed E-state index contributed by atoms with van der Waals surface area (Å²) in [5.74, 6) is -0.212. The fourth-order valence-corrected chi connectivity index (χ4v) is 1.33. The molecule has 0 spiro atoms. The van der Waals surface area contributed by atoms with E-state index in [9.17, 15) is 4.39 Å². The molecule has 1 aromatic rings. The van der Waals surface area contributed by atoms with Gasteiger partial charge in [-0.3, -0.25) is 0 Å². The fraction of sp³-hybridized carbons (Fsp3) is 0.300. The van der Waals surface area contributed by atoms with Crippen molar-refractivity contribution in [2.24, 2.45) is 0 Å². The number of benzene rings is 1. The molecule has 0 atom stereocenters. The SMILES string of the molecule is [CH2]CCCc1c(F)cccc1Cl. The molecule has 0 aliphatic carbocycles. The molecule has 0 fully saturated rings. The largest absolute Gasteiger partial charge is 0.207 e. The first-order valence-electron chi connectivity index (χ1n) is 3.98. The molecule has 12 heavy (non-hydrogen) atoms. The topological polar surface area (TPSA) is 0 Å². The summed E-state index contributed by atoms with van der Waals surface area (Å²) in [6, 6.07) is 4.76. The van der Waals surface area contributed by atoms with Crippen LogP contribution in [-0.4, -0.2) is 0 Å². The van der Waals surface area contributed by atoms with Gasteiger partial charge in [-0.05, 0) is 25.0 Å². The monoisotopic (exact) mass is 185 g/mol. The van der Waals surface area contributed by atoms with Crippen LogP contribution >= 0.6 is 11.6 Å². The highest BCUT2D eigenvalue weighted by Gasteiger charge is 2.04. The molecule has 0 nitrogen and oxygen atoms in total. The maximum atomic E-state index is 13.1. The van der Waals surface area contributed by atoms with Crippen LogP contribution in [0, 0.1) is 12.7 Å². The van der Waals surface area contributed by atoms with Crippen LogP contribution in [-0.2, 0) is 6.42 Å². The van der Waals surface area contributed by atoms with Crippen molar-refractivity contribution >= 4 is 11.6 Å². The molecule has 0 amide bonds. The molecule has 0 aromatic heterocycles. The zero-order valence-electron chi connectivity index (χ0n) is 6.82. The summed E-state index contributed by atoms with van der Waals surface area (Å²) in [5, 5.41) is 0.517. The lowest BCUT2D eigenvalue weighted by Crippen LogP contribution is -1.91. The van der Waals surface area contributed by atoms with Crippen LogP contribution in [0.2, 0.25) is 5.02 Å². The average molecular weight is 186 g/mol. The third kappa shape index (κ3) is 2.21. The highest BCUT2D eigenvalue weighted by atomic mass is 35.5. The summed E-state index contributed by atoms with van der Waals surface area (Å²) in [4.78, 5) is 0. The van der Waals surface area contributed by atoms with Gasteiger partial charge >= 0.3 is 0 Å². The minimum Gasteiger partial charge on any atom is -0.207 e. The predicted molar refractivity (Wildman–Crippen MR) is 49.7 cm³/mol. The number of hydrogen-bond acceptors (Lipinski definition) is 0. The summed E-state index contributed by atoms with van der Waals surface area (Å²) in [6.07, 6.45) is 2.36. The van der Waals surface area contributed by atoms with Crippen molar-refractivity contribution in [3.63, 3.8) is 0 Å². The first-order chi connectivity index (χ1) is 5.75. The van der Waals surface area contributed by atoms with E-state index in [0.29, 0.717) is 17.0 Å². The minimum absolute atomic E-state index is 0.212. The highest BCUT2D eigenvalue weighted by Crippen LogP contribution is 2.20. The van der Waals surface area contributed by atoms with Crippen LogP contribution in [0.5, 0.6) is 0 Å². The van der Waals surface area contributed by atoms with Gasteiger partial charge in [-0.25, -0.2) is 4.39 Å². The van der Waals surface area contributed by atoms with Gasteiger partial charge in [0.25, 0.3) is 0 Å². The normalized spacial score (nSPS) is 10.2. The van der Waals surface area contributed by atoms with Gasteiger partial charge in [-0.15, -0.1) is 0 Å². The van der Waals surface area contributed by atoms with Crippen molar-refractivity contribution in [3.05, 3.63) is 41.5 Å². The fourth-order valence-electron chi connectivity index (χ4n) is 1.07. The van der Waals surface area contributed by atoms with E-state index in [4.69, 9.17) is 11.6 Å². The van der Waals surface area contributed by atoms with E-state index < -0.39 is 0 Å². The molecule has 0 N–H and O–H groups in total. The number of rotatable bonds is 3. The van der Waals surface area contributed by atoms with E-state index >= 15 is 0 Å². The Balaban J connectivity index is 2.81. The molecule has 0 bridgehead atoms. The maximum absolute atomic E-state index is 13.1. The van der Waals surface area contributed by atoms with E-state index in [0.717, 1.165) is 12.8 Å². The van der Waals surface area contributed by atoms with Crippen LogP contribution in [0.25, 0.3) is 0 Å².